The second kappa shape index (κ2) is 4.98. The summed E-state index contributed by atoms with van der Waals surface area (Å²) < 4.78 is 5.38. The average molecular weight is 264 g/mol. The van der Waals surface area contributed by atoms with Gasteiger partial charge < -0.3 is 14.4 Å². The Morgan fingerprint density at radius 3 is 2.84 bits per heavy atom. The molecule has 0 aromatic carbocycles. The van der Waals surface area contributed by atoms with Crippen LogP contribution >= 0.6 is 0 Å². The van der Waals surface area contributed by atoms with Gasteiger partial charge >= 0.3 is 5.97 Å². The van der Waals surface area contributed by atoms with E-state index in [-0.39, 0.29) is 6.42 Å². The van der Waals surface area contributed by atoms with E-state index in [9.17, 15) is 4.79 Å². The maximum Gasteiger partial charge on any atom is 0.304 e. The highest BCUT2D eigenvalue weighted by atomic mass is 16.4. The number of carboxylic acid groups (broad SMARTS) is 1. The largest absolute Gasteiger partial charge is 0.481 e. The Bertz CT molecular complexity index is 438. The topological polar surface area (TPSA) is 56.9 Å². The van der Waals surface area contributed by atoms with Crippen LogP contribution in [0, 0.1) is 5.41 Å². The molecule has 0 saturated carbocycles. The maximum absolute atomic E-state index is 10.5. The molecule has 104 valence electrons. The summed E-state index contributed by atoms with van der Waals surface area (Å²) in [5.41, 5.74) is 0.408. The van der Waals surface area contributed by atoms with Crippen molar-refractivity contribution in [3.05, 3.63) is 24.2 Å². The molecule has 2 saturated heterocycles. The Balaban J connectivity index is 1.44. The van der Waals surface area contributed by atoms with Gasteiger partial charge in [0.15, 0.2) is 0 Å². The first kappa shape index (κ1) is 12.7. The number of carbonyl (C=O) groups is 1. The van der Waals surface area contributed by atoms with Crippen molar-refractivity contribution >= 4 is 5.97 Å². The zero-order valence-electron chi connectivity index (χ0n) is 11.0. The Labute approximate surface area is 112 Å². The van der Waals surface area contributed by atoms with Crippen LogP contribution in [-0.4, -0.2) is 53.6 Å². The predicted molar refractivity (Wildman–Crippen MR) is 69.7 cm³/mol. The van der Waals surface area contributed by atoms with Crippen LogP contribution in [-0.2, 0) is 11.3 Å². The normalized spacial score (nSPS) is 22.7. The zero-order valence-corrected chi connectivity index (χ0v) is 11.0. The van der Waals surface area contributed by atoms with Crippen molar-refractivity contribution < 1.29 is 14.3 Å². The van der Waals surface area contributed by atoms with Crippen LogP contribution in [0.5, 0.6) is 0 Å². The van der Waals surface area contributed by atoms with E-state index in [0.29, 0.717) is 12.0 Å². The molecule has 1 spiro atoms. The molecule has 0 atom stereocenters. The van der Waals surface area contributed by atoms with Gasteiger partial charge in [0.25, 0.3) is 0 Å². The third kappa shape index (κ3) is 2.82. The molecule has 1 aromatic heterocycles. The van der Waals surface area contributed by atoms with Crippen LogP contribution in [0.2, 0.25) is 0 Å². The van der Waals surface area contributed by atoms with E-state index in [2.05, 4.69) is 9.80 Å². The third-order valence-electron chi connectivity index (χ3n) is 4.24. The van der Waals surface area contributed by atoms with Gasteiger partial charge in [-0.15, -0.1) is 0 Å². The molecule has 0 radical (unpaired) electrons. The molecule has 1 aromatic rings. The minimum Gasteiger partial charge on any atom is -0.481 e. The number of hydrogen-bond donors (Lipinski definition) is 1. The minimum atomic E-state index is -0.702. The highest BCUT2D eigenvalue weighted by Crippen LogP contribution is 2.39. The molecule has 3 heterocycles. The van der Waals surface area contributed by atoms with Crippen LogP contribution in [0.15, 0.2) is 22.8 Å². The molecule has 5 heteroatoms. The molecule has 0 aliphatic carbocycles. The Kier molecular flexibility index (Phi) is 3.33. The van der Waals surface area contributed by atoms with Gasteiger partial charge in [0.1, 0.15) is 5.76 Å². The quantitative estimate of drug-likeness (QED) is 0.867. The van der Waals surface area contributed by atoms with Crippen molar-refractivity contribution in [2.75, 3.05) is 32.7 Å². The van der Waals surface area contributed by atoms with E-state index < -0.39 is 5.97 Å². The first-order valence-corrected chi connectivity index (χ1v) is 6.84. The van der Waals surface area contributed by atoms with Gasteiger partial charge in [-0.25, -0.2) is 0 Å². The number of likely N-dealkylation sites (tertiary alicyclic amines) is 2. The van der Waals surface area contributed by atoms with Gasteiger partial charge in [-0.2, -0.15) is 0 Å². The zero-order chi connectivity index (χ0) is 13.3. The molecule has 0 bridgehead atoms. The van der Waals surface area contributed by atoms with Crippen molar-refractivity contribution in [2.24, 2.45) is 5.41 Å². The molecule has 19 heavy (non-hydrogen) atoms. The van der Waals surface area contributed by atoms with Crippen LogP contribution in [0.25, 0.3) is 0 Å². The lowest BCUT2D eigenvalue weighted by atomic mass is 9.79. The van der Waals surface area contributed by atoms with Crippen LogP contribution in [0.3, 0.4) is 0 Å². The molecule has 0 unspecified atom stereocenters. The van der Waals surface area contributed by atoms with Crippen molar-refractivity contribution in [3.63, 3.8) is 0 Å². The fraction of sp³-hybridized carbons (Fsp3) is 0.643. The van der Waals surface area contributed by atoms with E-state index in [0.717, 1.165) is 38.5 Å². The highest BCUT2D eigenvalue weighted by Gasteiger charge is 2.47. The van der Waals surface area contributed by atoms with Gasteiger partial charge in [0.05, 0.1) is 19.2 Å². The second-order valence-electron chi connectivity index (χ2n) is 5.89. The smallest absolute Gasteiger partial charge is 0.304 e. The Morgan fingerprint density at radius 2 is 2.16 bits per heavy atom. The number of furan rings is 1. The molecular formula is C14H20N2O3. The first-order valence-electron chi connectivity index (χ1n) is 6.84. The van der Waals surface area contributed by atoms with Gasteiger partial charge in [-0.05, 0) is 25.1 Å². The number of carboxylic acids is 1. The van der Waals surface area contributed by atoms with Gasteiger partial charge in [-0.3, -0.25) is 9.69 Å². The summed E-state index contributed by atoms with van der Waals surface area (Å²) in [7, 11) is 0. The monoisotopic (exact) mass is 264 g/mol. The maximum atomic E-state index is 10.5. The summed E-state index contributed by atoms with van der Waals surface area (Å²) in [5.74, 6) is 0.325. The summed E-state index contributed by atoms with van der Waals surface area (Å²) >= 11 is 0. The van der Waals surface area contributed by atoms with Gasteiger partial charge in [0, 0.05) is 31.6 Å². The number of rotatable bonds is 5. The fourth-order valence-electron chi connectivity index (χ4n) is 3.36. The molecular weight excluding hydrogens is 244 g/mol. The standard InChI is InChI=1S/C14H20N2O3/c17-13(18)3-5-16-10-14(11-16)4-6-15(9-14)8-12-2-1-7-19-12/h1-2,7H,3-6,8-11H2,(H,17,18). The molecule has 0 amide bonds. The molecule has 2 fully saturated rings. The van der Waals surface area contributed by atoms with Crippen LogP contribution in [0.4, 0.5) is 0 Å². The lowest BCUT2D eigenvalue weighted by molar-refractivity contribution is -0.138. The summed E-state index contributed by atoms with van der Waals surface area (Å²) in [5, 5.41) is 8.68. The Hall–Kier alpha value is -1.33. The highest BCUT2D eigenvalue weighted by molar-refractivity contribution is 5.66. The molecule has 5 nitrogen and oxygen atoms in total. The number of hydrogen-bond acceptors (Lipinski definition) is 4. The van der Waals surface area contributed by atoms with Crippen molar-refractivity contribution in [2.45, 2.75) is 19.4 Å². The van der Waals surface area contributed by atoms with Gasteiger partial charge in [-0.1, -0.05) is 0 Å². The molecule has 2 aliphatic rings. The van der Waals surface area contributed by atoms with E-state index in [1.165, 1.54) is 6.42 Å². The van der Waals surface area contributed by atoms with Crippen molar-refractivity contribution in [3.8, 4) is 0 Å². The first-order chi connectivity index (χ1) is 9.15. The lowest BCUT2D eigenvalue weighted by Gasteiger charge is -2.48. The van der Waals surface area contributed by atoms with E-state index >= 15 is 0 Å². The van der Waals surface area contributed by atoms with Crippen molar-refractivity contribution in [1.82, 2.24) is 9.80 Å². The summed E-state index contributed by atoms with van der Waals surface area (Å²) in [6, 6.07) is 3.95. The lowest BCUT2D eigenvalue weighted by Crippen LogP contribution is -2.57. The predicted octanol–water partition coefficient (Wildman–Crippen LogP) is 1.26. The van der Waals surface area contributed by atoms with E-state index in [4.69, 9.17) is 9.52 Å². The summed E-state index contributed by atoms with van der Waals surface area (Å²) in [4.78, 5) is 15.2. The Morgan fingerprint density at radius 1 is 1.37 bits per heavy atom. The molecule has 1 N–H and O–H groups in total. The summed E-state index contributed by atoms with van der Waals surface area (Å²) in [6.45, 7) is 5.91. The minimum absolute atomic E-state index is 0.256. The molecule has 3 rings (SSSR count). The number of aliphatic carboxylic acids is 1. The van der Waals surface area contributed by atoms with Gasteiger partial charge in [0.2, 0.25) is 0 Å². The van der Waals surface area contributed by atoms with E-state index in [1.807, 2.05) is 12.1 Å². The van der Waals surface area contributed by atoms with E-state index in [1.54, 1.807) is 6.26 Å². The SMILES string of the molecule is O=C(O)CCN1CC2(CCN(Cc3ccco3)C2)C1. The fourth-order valence-corrected chi connectivity index (χ4v) is 3.36. The van der Waals surface area contributed by atoms with Crippen LogP contribution < -0.4 is 0 Å². The van der Waals surface area contributed by atoms with Crippen LogP contribution in [0.1, 0.15) is 18.6 Å². The summed E-state index contributed by atoms with van der Waals surface area (Å²) in [6.07, 6.45) is 3.20. The molecule has 2 aliphatic heterocycles. The average Bonchev–Trinajstić information content (AvgIpc) is 2.95. The third-order valence-corrected chi connectivity index (χ3v) is 4.24. The number of nitrogens with zero attached hydrogens (tertiary/aromatic N) is 2. The second-order valence-corrected chi connectivity index (χ2v) is 5.89. The van der Waals surface area contributed by atoms with Crippen molar-refractivity contribution in [1.29, 1.82) is 0 Å².